The Morgan fingerprint density at radius 1 is 1.29 bits per heavy atom. The van der Waals surface area contributed by atoms with Gasteiger partial charge in [0.2, 0.25) is 0 Å². The zero-order valence-corrected chi connectivity index (χ0v) is 11.2. The van der Waals surface area contributed by atoms with E-state index in [1.54, 1.807) is 0 Å². The summed E-state index contributed by atoms with van der Waals surface area (Å²) in [4.78, 5) is 2.53. The number of hydrogen-bond donors (Lipinski definition) is 1. The van der Waals surface area contributed by atoms with Crippen LogP contribution in [0.1, 0.15) is 12.8 Å². The maximum absolute atomic E-state index is 13.0. The predicted molar refractivity (Wildman–Crippen MR) is 70.7 cm³/mol. The number of nitrogens with zero attached hydrogens (tertiary/aromatic N) is 1. The Balaban J connectivity index is 1.73. The van der Waals surface area contributed by atoms with E-state index < -0.39 is 0 Å². The van der Waals surface area contributed by atoms with Crippen LogP contribution in [0.25, 0.3) is 0 Å². The van der Waals surface area contributed by atoms with Crippen molar-refractivity contribution in [1.82, 2.24) is 4.90 Å². The SMILES string of the molecule is Fc1ccc(NC2CCN3CCC2C3)c(Br)c1. The largest absolute Gasteiger partial charge is 0.381 e. The predicted octanol–water partition coefficient (Wildman–Crippen LogP) is 3.09. The Morgan fingerprint density at radius 2 is 2.12 bits per heavy atom. The zero-order chi connectivity index (χ0) is 11.8. The van der Waals surface area contributed by atoms with E-state index in [-0.39, 0.29) is 5.82 Å². The number of rotatable bonds is 2. The molecule has 2 fully saturated rings. The van der Waals surface area contributed by atoms with Crippen LogP contribution in [0.4, 0.5) is 10.1 Å². The Kier molecular flexibility index (Phi) is 3.09. The van der Waals surface area contributed by atoms with E-state index in [0.717, 1.165) is 16.1 Å². The van der Waals surface area contributed by atoms with Gasteiger partial charge in [-0.2, -0.15) is 0 Å². The van der Waals surface area contributed by atoms with Crippen LogP contribution in [0, 0.1) is 11.7 Å². The van der Waals surface area contributed by atoms with E-state index in [4.69, 9.17) is 0 Å². The van der Waals surface area contributed by atoms with Crippen molar-refractivity contribution in [1.29, 1.82) is 0 Å². The Labute approximate surface area is 109 Å². The molecule has 0 aromatic heterocycles. The van der Waals surface area contributed by atoms with Gasteiger partial charge in [0.1, 0.15) is 5.82 Å². The lowest BCUT2D eigenvalue weighted by atomic mass is 9.94. The van der Waals surface area contributed by atoms with Crippen LogP contribution in [-0.2, 0) is 0 Å². The molecule has 1 aromatic carbocycles. The molecule has 2 aliphatic rings. The van der Waals surface area contributed by atoms with Crippen molar-refractivity contribution in [2.24, 2.45) is 5.92 Å². The molecule has 2 bridgehead atoms. The molecule has 0 radical (unpaired) electrons. The average Bonchev–Trinajstić information content (AvgIpc) is 2.69. The fraction of sp³-hybridized carbons (Fsp3) is 0.538. The van der Waals surface area contributed by atoms with Crippen LogP contribution < -0.4 is 5.32 Å². The fourth-order valence-electron chi connectivity index (χ4n) is 2.95. The first-order chi connectivity index (χ1) is 8.22. The summed E-state index contributed by atoms with van der Waals surface area (Å²) in [7, 11) is 0. The summed E-state index contributed by atoms with van der Waals surface area (Å²) < 4.78 is 13.8. The molecule has 1 N–H and O–H groups in total. The molecule has 3 rings (SSSR count). The third-order valence-corrected chi connectivity index (χ3v) is 4.56. The molecule has 17 heavy (non-hydrogen) atoms. The second kappa shape index (κ2) is 4.58. The second-order valence-electron chi connectivity index (χ2n) is 5.01. The highest BCUT2D eigenvalue weighted by molar-refractivity contribution is 9.10. The lowest BCUT2D eigenvalue weighted by Gasteiger charge is -2.32. The number of nitrogens with one attached hydrogen (secondary N) is 1. The van der Waals surface area contributed by atoms with Crippen molar-refractivity contribution < 1.29 is 4.39 Å². The second-order valence-corrected chi connectivity index (χ2v) is 5.87. The third-order valence-electron chi connectivity index (χ3n) is 3.91. The Hall–Kier alpha value is -0.610. The normalized spacial score (nSPS) is 31.5. The molecule has 92 valence electrons. The van der Waals surface area contributed by atoms with Crippen LogP contribution in [0.15, 0.2) is 22.7 Å². The summed E-state index contributed by atoms with van der Waals surface area (Å²) in [6.45, 7) is 3.65. The zero-order valence-electron chi connectivity index (χ0n) is 9.63. The van der Waals surface area contributed by atoms with E-state index in [1.165, 1.54) is 44.6 Å². The quantitative estimate of drug-likeness (QED) is 0.903. The van der Waals surface area contributed by atoms with E-state index in [1.807, 2.05) is 6.07 Å². The maximum Gasteiger partial charge on any atom is 0.124 e. The summed E-state index contributed by atoms with van der Waals surface area (Å²) in [6, 6.07) is 5.39. The van der Waals surface area contributed by atoms with E-state index in [0.29, 0.717) is 6.04 Å². The number of piperidine rings is 1. The Morgan fingerprint density at radius 3 is 2.94 bits per heavy atom. The lowest BCUT2D eigenvalue weighted by molar-refractivity contribution is 0.255. The molecule has 0 amide bonds. The molecule has 2 nitrogen and oxygen atoms in total. The monoisotopic (exact) mass is 298 g/mol. The van der Waals surface area contributed by atoms with Crippen molar-refractivity contribution in [3.05, 3.63) is 28.5 Å². The fourth-order valence-corrected chi connectivity index (χ4v) is 3.41. The topological polar surface area (TPSA) is 15.3 Å². The summed E-state index contributed by atoms with van der Waals surface area (Å²) in [5, 5.41) is 3.56. The molecule has 2 saturated heterocycles. The van der Waals surface area contributed by atoms with Gasteiger partial charge in [-0.05, 0) is 59.4 Å². The summed E-state index contributed by atoms with van der Waals surface area (Å²) >= 11 is 3.41. The molecule has 2 heterocycles. The van der Waals surface area contributed by atoms with Gasteiger partial charge < -0.3 is 10.2 Å². The number of anilines is 1. The first-order valence-electron chi connectivity index (χ1n) is 6.16. The highest BCUT2D eigenvalue weighted by Crippen LogP contribution is 2.31. The standard InChI is InChI=1S/C13H16BrFN2/c14-11-7-10(15)1-2-13(11)16-12-4-6-17-5-3-9(12)8-17/h1-2,7,9,12,16H,3-6,8H2. The van der Waals surface area contributed by atoms with Crippen molar-refractivity contribution in [2.45, 2.75) is 18.9 Å². The van der Waals surface area contributed by atoms with Crippen LogP contribution in [-0.4, -0.2) is 30.6 Å². The van der Waals surface area contributed by atoms with Gasteiger partial charge in [-0.3, -0.25) is 0 Å². The molecule has 3 atom stereocenters. The van der Waals surface area contributed by atoms with Gasteiger partial charge >= 0.3 is 0 Å². The molecule has 0 aliphatic carbocycles. The van der Waals surface area contributed by atoms with Gasteiger partial charge in [-0.1, -0.05) is 0 Å². The van der Waals surface area contributed by atoms with Crippen molar-refractivity contribution in [2.75, 3.05) is 25.0 Å². The van der Waals surface area contributed by atoms with Crippen molar-refractivity contribution in [3.63, 3.8) is 0 Å². The molecule has 2 aliphatic heterocycles. The van der Waals surface area contributed by atoms with Crippen LogP contribution in [0.2, 0.25) is 0 Å². The molecule has 1 aromatic rings. The first-order valence-corrected chi connectivity index (χ1v) is 6.95. The molecule has 0 saturated carbocycles. The minimum absolute atomic E-state index is 0.196. The molecular formula is C13H16BrFN2. The number of hydrogen-bond acceptors (Lipinski definition) is 2. The Bertz CT molecular complexity index is 424. The maximum atomic E-state index is 13.0. The van der Waals surface area contributed by atoms with E-state index >= 15 is 0 Å². The van der Waals surface area contributed by atoms with Crippen LogP contribution >= 0.6 is 15.9 Å². The van der Waals surface area contributed by atoms with Crippen LogP contribution in [0.5, 0.6) is 0 Å². The highest BCUT2D eigenvalue weighted by atomic mass is 79.9. The minimum Gasteiger partial charge on any atom is -0.381 e. The number of fused-ring (bicyclic) bond motifs is 2. The molecule has 3 unspecified atom stereocenters. The summed E-state index contributed by atoms with van der Waals surface area (Å²) in [6.07, 6.45) is 2.48. The van der Waals surface area contributed by atoms with Gasteiger partial charge in [-0.25, -0.2) is 4.39 Å². The van der Waals surface area contributed by atoms with E-state index in [9.17, 15) is 4.39 Å². The van der Waals surface area contributed by atoms with Gasteiger partial charge in [0.15, 0.2) is 0 Å². The first kappa shape index (κ1) is 11.5. The van der Waals surface area contributed by atoms with Gasteiger partial charge in [-0.15, -0.1) is 0 Å². The molecular weight excluding hydrogens is 283 g/mol. The van der Waals surface area contributed by atoms with Gasteiger partial charge in [0.25, 0.3) is 0 Å². The smallest absolute Gasteiger partial charge is 0.124 e. The molecule has 0 spiro atoms. The van der Waals surface area contributed by atoms with E-state index in [2.05, 4.69) is 26.1 Å². The molecule has 4 heteroatoms. The minimum atomic E-state index is -0.196. The number of benzene rings is 1. The summed E-state index contributed by atoms with van der Waals surface area (Å²) in [5.74, 6) is 0.554. The highest BCUT2D eigenvalue weighted by Gasteiger charge is 2.34. The average molecular weight is 299 g/mol. The van der Waals surface area contributed by atoms with Crippen molar-refractivity contribution >= 4 is 21.6 Å². The lowest BCUT2D eigenvalue weighted by Crippen LogP contribution is -2.39. The van der Waals surface area contributed by atoms with Crippen molar-refractivity contribution in [3.8, 4) is 0 Å². The van der Waals surface area contributed by atoms with Crippen LogP contribution in [0.3, 0.4) is 0 Å². The summed E-state index contributed by atoms with van der Waals surface area (Å²) in [5.41, 5.74) is 1.01. The van der Waals surface area contributed by atoms with Gasteiger partial charge in [0, 0.05) is 29.3 Å². The van der Waals surface area contributed by atoms with Gasteiger partial charge in [0.05, 0.1) is 0 Å². The third kappa shape index (κ3) is 2.33. The number of halogens is 2.